The summed E-state index contributed by atoms with van der Waals surface area (Å²) in [5.41, 5.74) is 0.978. The number of alkyl halides is 1. The van der Waals surface area contributed by atoms with Crippen LogP contribution in [-0.2, 0) is 11.2 Å². The van der Waals surface area contributed by atoms with Crippen molar-refractivity contribution in [3.63, 3.8) is 0 Å². The molecule has 0 aliphatic rings. The predicted octanol–water partition coefficient (Wildman–Crippen LogP) is 1.13. The Labute approximate surface area is 85.7 Å². The third-order valence-corrected chi connectivity index (χ3v) is 2.41. The van der Waals surface area contributed by atoms with Crippen LogP contribution in [0.2, 0.25) is 0 Å². The lowest BCUT2D eigenvalue weighted by Gasteiger charge is -2.23. The summed E-state index contributed by atoms with van der Waals surface area (Å²) in [6, 6.07) is 9.44. The zero-order chi connectivity index (χ0) is 9.90. The van der Waals surface area contributed by atoms with Gasteiger partial charge in [0.05, 0.1) is 10.3 Å². The van der Waals surface area contributed by atoms with Crippen LogP contribution in [-0.4, -0.2) is 10.3 Å². The molecule has 0 spiro atoms. The number of carbonyl (C=O) groups excluding carboxylic acids is 1. The average Bonchev–Trinajstić information content (AvgIpc) is 2.05. The molecule has 1 aromatic carbocycles. The summed E-state index contributed by atoms with van der Waals surface area (Å²) in [5.74, 6) is -1.09. The Hall–Kier alpha value is -0.830. The van der Waals surface area contributed by atoms with Crippen LogP contribution in [0, 0.1) is 0 Å². The lowest BCUT2D eigenvalue weighted by molar-refractivity contribution is -0.308. The lowest BCUT2D eigenvalue weighted by Crippen LogP contribution is -2.42. The molecule has 0 saturated heterocycles. The number of benzene rings is 1. The van der Waals surface area contributed by atoms with Crippen LogP contribution in [0.4, 0.5) is 0 Å². The maximum atomic E-state index is 10.7. The maximum Gasteiger partial charge on any atom is 0.0663 e. The van der Waals surface area contributed by atoms with Crippen LogP contribution in [0.5, 0.6) is 0 Å². The first-order valence-corrected chi connectivity index (χ1v) is 4.76. The molecule has 13 heavy (non-hydrogen) atoms. The maximum absolute atomic E-state index is 10.7. The number of hydrogen-bond acceptors (Lipinski definition) is 2. The zero-order valence-corrected chi connectivity index (χ0v) is 8.87. The minimum Gasteiger partial charge on any atom is -0.549 e. The van der Waals surface area contributed by atoms with E-state index in [0.29, 0.717) is 6.42 Å². The molecule has 0 amide bonds. The van der Waals surface area contributed by atoms with Gasteiger partial charge in [0.25, 0.3) is 0 Å². The van der Waals surface area contributed by atoms with Gasteiger partial charge < -0.3 is 9.90 Å². The largest absolute Gasteiger partial charge is 0.549 e. The van der Waals surface area contributed by atoms with Crippen molar-refractivity contribution in [2.45, 2.75) is 17.7 Å². The fraction of sp³-hybridized carbons (Fsp3) is 0.300. The fourth-order valence-electron chi connectivity index (χ4n) is 1.05. The normalized spacial score (nSPS) is 14.9. The summed E-state index contributed by atoms with van der Waals surface area (Å²) >= 11 is 3.12. The van der Waals surface area contributed by atoms with E-state index in [9.17, 15) is 9.90 Å². The van der Waals surface area contributed by atoms with E-state index in [4.69, 9.17) is 0 Å². The Morgan fingerprint density at radius 3 is 2.46 bits per heavy atom. The highest BCUT2D eigenvalue weighted by Gasteiger charge is 2.21. The summed E-state index contributed by atoms with van der Waals surface area (Å²) < 4.78 is -0.978. The van der Waals surface area contributed by atoms with E-state index in [0.717, 1.165) is 5.56 Å². The smallest absolute Gasteiger partial charge is 0.0663 e. The quantitative estimate of drug-likeness (QED) is 0.745. The van der Waals surface area contributed by atoms with E-state index >= 15 is 0 Å². The monoisotopic (exact) mass is 241 g/mol. The van der Waals surface area contributed by atoms with Gasteiger partial charge in [-0.05, 0) is 18.9 Å². The van der Waals surface area contributed by atoms with E-state index in [1.54, 1.807) is 6.92 Å². The van der Waals surface area contributed by atoms with Crippen molar-refractivity contribution >= 4 is 21.9 Å². The second-order valence-corrected chi connectivity index (χ2v) is 4.90. The highest BCUT2D eigenvalue weighted by molar-refractivity contribution is 9.10. The number of hydrogen-bond donors (Lipinski definition) is 0. The van der Waals surface area contributed by atoms with Crippen LogP contribution < -0.4 is 5.11 Å². The van der Waals surface area contributed by atoms with E-state index < -0.39 is 10.3 Å². The van der Waals surface area contributed by atoms with Gasteiger partial charge in [-0.3, -0.25) is 0 Å². The summed E-state index contributed by atoms with van der Waals surface area (Å²) in [6.07, 6.45) is 0.427. The highest BCUT2D eigenvalue weighted by Crippen LogP contribution is 2.21. The van der Waals surface area contributed by atoms with Crippen molar-refractivity contribution < 1.29 is 9.90 Å². The van der Waals surface area contributed by atoms with Crippen LogP contribution >= 0.6 is 15.9 Å². The molecule has 0 aliphatic carbocycles. The second-order valence-electron chi connectivity index (χ2n) is 3.15. The molecule has 0 aliphatic heterocycles. The molecule has 1 rings (SSSR count). The summed E-state index contributed by atoms with van der Waals surface area (Å²) in [7, 11) is 0. The Morgan fingerprint density at radius 2 is 2.00 bits per heavy atom. The standard InChI is InChI=1S/C10H11BrO2/c1-10(11,9(12)13)7-8-5-3-2-4-6-8/h2-6H,7H2,1H3,(H,12,13)/p-1. The van der Waals surface area contributed by atoms with Gasteiger partial charge in [-0.25, -0.2) is 0 Å². The van der Waals surface area contributed by atoms with Crippen molar-refractivity contribution in [3.8, 4) is 0 Å². The number of carboxylic acids is 1. The Balaban J connectivity index is 2.75. The topological polar surface area (TPSA) is 40.1 Å². The lowest BCUT2D eigenvalue weighted by atomic mass is 10.0. The fourth-order valence-corrected chi connectivity index (χ4v) is 1.38. The molecule has 2 nitrogen and oxygen atoms in total. The molecular formula is C10H10BrO2-. The molecule has 0 aromatic heterocycles. The molecule has 1 atom stereocenters. The van der Waals surface area contributed by atoms with E-state index in [1.807, 2.05) is 30.3 Å². The van der Waals surface area contributed by atoms with Crippen molar-refractivity contribution in [3.05, 3.63) is 35.9 Å². The third-order valence-electron chi connectivity index (χ3n) is 1.80. The molecule has 1 aromatic rings. The predicted molar refractivity (Wildman–Crippen MR) is 52.5 cm³/mol. The Bertz CT molecular complexity index is 293. The number of aliphatic carboxylic acids is 1. The number of rotatable bonds is 3. The molecule has 0 bridgehead atoms. The first-order chi connectivity index (χ1) is 6.02. The average molecular weight is 242 g/mol. The van der Waals surface area contributed by atoms with Gasteiger partial charge in [0.15, 0.2) is 0 Å². The highest BCUT2D eigenvalue weighted by atomic mass is 79.9. The zero-order valence-electron chi connectivity index (χ0n) is 7.29. The SMILES string of the molecule is CC(Br)(Cc1ccccc1)C(=O)[O-]. The molecule has 0 N–H and O–H groups in total. The van der Waals surface area contributed by atoms with Crippen molar-refractivity contribution in [1.82, 2.24) is 0 Å². The van der Waals surface area contributed by atoms with Crippen LogP contribution in [0.1, 0.15) is 12.5 Å². The van der Waals surface area contributed by atoms with Gasteiger partial charge in [-0.15, -0.1) is 0 Å². The van der Waals surface area contributed by atoms with Crippen molar-refractivity contribution in [2.75, 3.05) is 0 Å². The van der Waals surface area contributed by atoms with Crippen molar-refractivity contribution in [1.29, 1.82) is 0 Å². The van der Waals surface area contributed by atoms with Gasteiger partial charge in [0, 0.05) is 0 Å². The van der Waals surface area contributed by atoms with Gasteiger partial charge in [0.2, 0.25) is 0 Å². The summed E-state index contributed by atoms with van der Waals surface area (Å²) in [4.78, 5) is 10.7. The van der Waals surface area contributed by atoms with Gasteiger partial charge in [0.1, 0.15) is 0 Å². The molecule has 70 valence electrons. The second kappa shape index (κ2) is 3.92. The molecule has 0 radical (unpaired) electrons. The Kier molecular flexibility index (Phi) is 3.09. The van der Waals surface area contributed by atoms with Crippen LogP contribution in [0.15, 0.2) is 30.3 Å². The van der Waals surface area contributed by atoms with E-state index in [2.05, 4.69) is 15.9 Å². The number of carboxylic acid groups (broad SMARTS) is 1. The molecule has 0 saturated carbocycles. The Morgan fingerprint density at radius 1 is 1.46 bits per heavy atom. The molecule has 1 unspecified atom stereocenters. The van der Waals surface area contributed by atoms with Crippen molar-refractivity contribution in [2.24, 2.45) is 0 Å². The minimum atomic E-state index is -1.09. The number of halogens is 1. The minimum absolute atomic E-state index is 0.427. The van der Waals surface area contributed by atoms with Gasteiger partial charge in [-0.2, -0.15) is 0 Å². The van der Waals surface area contributed by atoms with Gasteiger partial charge in [-0.1, -0.05) is 46.3 Å². The van der Waals surface area contributed by atoms with Gasteiger partial charge >= 0.3 is 0 Å². The van der Waals surface area contributed by atoms with Crippen LogP contribution in [0.25, 0.3) is 0 Å². The molecule has 0 fully saturated rings. The molecule has 0 heterocycles. The first kappa shape index (κ1) is 10.3. The summed E-state index contributed by atoms with van der Waals surface area (Å²) in [6.45, 7) is 1.59. The molecule has 3 heteroatoms. The van der Waals surface area contributed by atoms with E-state index in [-0.39, 0.29) is 0 Å². The van der Waals surface area contributed by atoms with E-state index in [1.165, 1.54) is 0 Å². The third kappa shape index (κ3) is 2.84. The van der Waals surface area contributed by atoms with Crippen LogP contribution in [0.3, 0.4) is 0 Å². The molecular weight excluding hydrogens is 232 g/mol. The summed E-state index contributed by atoms with van der Waals surface area (Å²) in [5, 5.41) is 10.7. The number of carbonyl (C=O) groups is 1. The first-order valence-electron chi connectivity index (χ1n) is 3.97.